The lowest BCUT2D eigenvalue weighted by Crippen LogP contribution is -2.22. The number of rotatable bonds is 8. The van der Waals surface area contributed by atoms with Crippen LogP contribution in [0.1, 0.15) is 40.8 Å². The van der Waals surface area contributed by atoms with E-state index in [1.54, 1.807) is 6.26 Å². The first-order valence-electron chi connectivity index (χ1n) is 7.81. The number of nitrogens with one attached hydrogen (secondary N) is 1. The molecule has 0 amide bonds. The van der Waals surface area contributed by atoms with Crippen molar-refractivity contribution in [3.8, 4) is 0 Å². The molecule has 2 heterocycles. The van der Waals surface area contributed by atoms with Crippen molar-refractivity contribution in [2.24, 2.45) is 0 Å². The molecular formula is C17H24N2OS. The van der Waals surface area contributed by atoms with Gasteiger partial charge in [0.05, 0.1) is 12.8 Å². The molecule has 21 heavy (non-hydrogen) atoms. The van der Waals surface area contributed by atoms with E-state index in [0.29, 0.717) is 0 Å². The molecule has 1 aliphatic rings. The molecule has 3 nitrogen and oxygen atoms in total. The number of aryl methyl sites for hydroxylation is 1. The third kappa shape index (κ3) is 4.19. The normalized spacial score (nSPS) is 15.0. The summed E-state index contributed by atoms with van der Waals surface area (Å²) in [5, 5.41) is 3.60. The first-order valence-corrected chi connectivity index (χ1v) is 8.62. The van der Waals surface area contributed by atoms with Crippen molar-refractivity contribution in [2.75, 3.05) is 6.54 Å². The number of hydrogen-bond donors (Lipinski definition) is 1. The molecule has 4 heteroatoms. The highest BCUT2D eigenvalue weighted by molar-refractivity contribution is 7.12. The molecular weight excluding hydrogens is 280 g/mol. The van der Waals surface area contributed by atoms with Crippen LogP contribution in [0.2, 0.25) is 0 Å². The van der Waals surface area contributed by atoms with Crippen LogP contribution in [-0.2, 0) is 19.6 Å². The molecule has 0 radical (unpaired) electrons. The fraction of sp³-hybridized carbons (Fsp3) is 0.529. The van der Waals surface area contributed by atoms with Gasteiger partial charge in [-0.2, -0.15) is 0 Å². The van der Waals surface area contributed by atoms with Gasteiger partial charge < -0.3 is 9.73 Å². The Morgan fingerprint density at radius 2 is 2.24 bits per heavy atom. The smallest absolute Gasteiger partial charge is 0.117 e. The molecule has 0 aliphatic heterocycles. The largest absolute Gasteiger partial charge is 0.468 e. The van der Waals surface area contributed by atoms with Crippen molar-refractivity contribution in [3.63, 3.8) is 0 Å². The summed E-state index contributed by atoms with van der Waals surface area (Å²) >= 11 is 1.93. The van der Waals surface area contributed by atoms with Gasteiger partial charge in [0.2, 0.25) is 0 Å². The van der Waals surface area contributed by atoms with Gasteiger partial charge in [0.25, 0.3) is 0 Å². The Morgan fingerprint density at radius 1 is 1.38 bits per heavy atom. The third-order valence-electron chi connectivity index (χ3n) is 4.01. The van der Waals surface area contributed by atoms with Crippen molar-refractivity contribution in [3.05, 3.63) is 45.5 Å². The molecule has 2 aromatic rings. The second-order valence-corrected chi connectivity index (χ2v) is 7.17. The van der Waals surface area contributed by atoms with Crippen molar-refractivity contribution in [2.45, 2.75) is 52.4 Å². The number of furan rings is 1. The molecule has 1 aliphatic carbocycles. The second-order valence-electron chi connectivity index (χ2n) is 5.83. The first-order chi connectivity index (χ1) is 10.2. The average molecular weight is 304 g/mol. The van der Waals surface area contributed by atoms with Crippen molar-refractivity contribution >= 4 is 11.3 Å². The zero-order chi connectivity index (χ0) is 14.7. The van der Waals surface area contributed by atoms with Gasteiger partial charge in [-0.05, 0) is 50.1 Å². The molecule has 0 aromatic carbocycles. The van der Waals surface area contributed by atoms with Crippen LogP contribution in [0.4, 0.5) is 0 Å². The van der Waals surface area contributed by atoms with Gasteiger partial charge in [-0.25, -0.2) is 0 Å². The number of hydrogen-bond acceptors (Lipinski definition) is 4. The number of nitrogens with zero attached hydrogens (tertiary/aromatic N) is 1. The van der Waals surface area contributed by atoms with Crippen LogP contribution in [0.25, 0.3) is 0 Å². The molecule has 0 saturated heterocycles. The fourth-order valence-corrected chi connectivity index (χ4v) is 3.51. The topological polar surface area (TPSA) is 28.4 Å². The minimum atomic E-state index is 0.780. The van der Waals surface area contributed by atoms with E-state index in [4.69, 9.17) is 4.42 Å². The molecule has 0 spiro atoms. The first kappa shape index (κ1) is 14.8. The Bertz CT molecular complexity index is 557. The van der Waals surface area contributed by atoms with Gasteiger partial charge in [0.15, 0.2) is 0 Å². The summed E-state index contributed by atoms with van der Waals surface area (Å²) < 4.78 is 5.46. The predicted octanol–water partition coefficient (Wildman–Crippen LogP) is 3.92. The maximum Gasteiger partial charge on any atom is 0.117 e. The lowest BCUT2D eigenvalue weighted by Gasteiger charge is -2.18. The lowest BCUT2D eigenvalue weighted by atomic mass is 10.2. The maximum absolute atomic E-state index is 5.46. The van der Waals surface area contributed by atoms with Crippen molar-refractivity contribution < 1.29 is 4.42 Å². The van der Waals surface area contributed by atoms with E-state index in [1.807, 2.05) is 23.5 Å². The summed E-state index contributed by atoms with van der Waals surface area (Å²) in [6.07, 6.45) is 4.45. The van der Waals surface area contributed by atoms with Gasteiger partial charge in [0.1, 0.15) is 5.76 Å². The van der Waals surface area contributed by atoms with E-state index in [-0.39, 0.29) is 0 Å². The SMILES string of the molecule is CCN(Cc1ccco1)Cc1cc(CNC2CC2)sc1C. The van der Waals surface area contributed by atoms with Crippen LogP contribution in [0.3, 0.4) is 0 Å². The van der Waals surface area contributed by atoms with Crippen LogP contribution in [0, 0.1) is 6.92 Å². The van der Waals surface area contributed by atoms with Crippen LogP contribution in [-0.4, -0.2) is 17.5 Å². The van der Waals surface area contributed by atoms with E-state index in [9.17, 15) is 0 Å². The average Bonchev–Trinajstić information content (AvgIpc) is 3.05. The predicted molar refractivity (Wildman–Crippen MR) is 87.4 cm³/mol. The highest BCUT2D eigenvalue weighted by Gasteiger charge is 2.20. The summed E-state index contributed by atoms with van der Waals surface area (Å²) in [7, 11) is 0. The minimum Gasteiger partial charge on any atom is -0.468 e. The summed E-state index contributed by atoms with van der Waals surface area (Å²) in [6.45, 7) is 8.39. The zero-order valence-electron chi connectivity index (χ0n) is 12.9. The molecule has 1 fully saturated rings. The van der Waals surface area contributed by atoms with Crippen LogP contribution >= 0.6 is 11.3 Å². The maximum atomic E-state index is 5.46. The summed E-state index contributed by atoms with van der Waals surface area (Å²) in [6, 6.07) is 7.16. The van der Waals surface area contributed by atoms with Gasteiger partial charge in [0, 0.05) is 28.9 Å². The molecule has 0 bridgehead atoms. The van der Waals surface area contributed by atoms with Gasteiger partial charge in [-0.15, -0.1) is 11.3 Å². The molecule has 2 aromatic heterocycles. The van der Waals surface area contributed by atoms with E-state index in [1.165, 1.54) is 28.2 Å². The Balaban J connectivity index is 1.59. The van der Waals surface area contributed by atoms with E-state index < -0.39 is 0 Å². The summed E-state index contributed by atoms with van der Waals surface area (Å²) in [5.74, 6) is 1.04. The quantitative estimate of drug-likeness (QED) is 0.801. The minimum absolute atomic E-state index is 0.780. The van der Waals surface area contributed by atoms with Gasteiger partial charge in [-0.1, -0.05) is 6.92 Å². The number of thiophene rings is 1. The lowest BCUT2D eigenvalue weighted by molar-refractivity contribution is 0.247. The van der Waals surface area contributed by atoms with Crippen molar-refractivity contribution in [1.82, 2.24) is 10.2 Å². The third-order valence-corrected chi connectivity index (χ3v) is 5.11. The summed E-state index contributed by atoms with van der Waals surface area (Å²) in [5.41, 5.74) is 1.46. The highest BCUT2D eigenvalue weighted by Crippen LogP contribution is 2.25. The molecule has 0 atom stereocenters. The Morgan fingerprint density at radius 3 is 2.90 bits per heavy atom. The Labute approximate surface area is 131 Å². The molecule has 0 unspecified atom stereocenters. The van der Waals surface area contributed by atoms with Gasteiger partial charge >= 0.3 is 0 Å². The Hall–Kier alpha value is -1.10. The fourth-order valence-electron chi connectivity index (χ4n) is 2.51. The van der Waals surface area contributed by atoms with Crippen LogP contribution < -0.4 is 5.32 Å². The zero-order valence-corrected chi connectivity index (χ0v) is 13.7. The van der Waals surface area contributed by atoms with Crippen molar-refractivity contribution in [1.29, 1.82) is 0 Å². The van der Waals surface area contributed by atoms with Crippen LogP contribution in [0.15, 0.2) is 28.9 Å². The molecule has 114 valence electrons. The van der Waals surface area contributed by atoms with Gasteiger partial charge in [-0.3, -0.25) is 4.90 Å². The molecule has 1 N–H and O–H groups in total. The standard InChI is InChI=1S/C17H24N2OS/c1-3-19(12-16-5-4-8-20-16)11-14-9-17(21-13(14)2)10-18-15-6-7-15/h4-5,8-9,15,18H,3,6-7,10-12H2,1-2H3. The van der Waals surface area contributed by atoms with E-state index in [0.717, 1.165) is 38.0 Å². The Kier molecular flexibility index (Phi) is 4.78. The highest BCUT2D eigenvalue weighted by atomic mass is 32.1. The summed E-state index contributed by atoms with van der Waals surface area (Å²) in [4.78, 5) is 5.33. The monoisotopic (exact) mass is 304 g/mol. The molecule has 1 saturated carbocycles. The molecule has 3 rings (SSSR count). The second kappa shape index (κ2) is 6.77. The van der Waals surface area contributed by atoms with E-state index in [2.05, 4.69) is 30.1 Å². The van der Waals surface area contributed by atoms with Crippen LogP contribution in [0.5, 0.6) is 0 Å². The van der Waals surface area contributed by atoms with E-state index >= 15 is 0 Å².